The number of nitrogens with one attached hydrogen (secondary N) is 4. The molecule has 0 radical (unpaired) electrons. The van der Waals surface area contributed by atoms with Gasteiger partial charge < -0.3 is 21.3 Å². The van der Waals surface area contributed by atoms with E-state index >= 15 is 0 Å². The van der Waals surface area contributed by atoms with E-state index in [1.165, 1.54) is 26.0 Å². The molecular weight excluding hydrogens is 456 g/mol. The number of anilines is 2. The van der Waals surface area contributed by atoms with E-state index in [4.69, 9.17) is 0 Å². The number of rotatable bonds is 12. The molecule has 1 aliphatic rings. The van der Waals surface area contributed by atoms with Crippen molar-refractivity contribution < 1.29 is 19.2 Å². The first kappa shape index (κ1) is 26.4. The fourth-order valence-corrected chi connectivity index (χ4v) is 4.14. The van der Waals surface area contributed by atoms with Crippen LogP contribution in [-0.2, 0) is 9.59 Å². The van der Waals surface area contributed by atoms with Crippen LogP contribution in [0.25, 0.3) is 0 Å². The second-order valence-electron chi connectivity index (χ2n) is 8.70. The number of carbonyl (C=O) groups is 4. The lowest BCUT2D eigenvalue weighted by atomic mass is 9.82. The van der Waals surface area contributed by atoms with Crippen molar-refractivity contribution in [3.05, 3.63) is 82.2 Å². The number of benzene rings is 2. The molecule has 8 nitrogen and oxygen atoms in total. The van der Waals surface area contributed by atoms with Crippen molar-refractivity contribution in [1.82, 2.24) is 10.6 Å². The summed E-state index contributed by atoms with van der Waals surface area (Å²) < 4.78 is 0. The summed E-state index contributed by atoms with van der Waals surface area (Å²) in [7, 11) is 0. The molecule has 0 aromatic heterocycles. The smallest absolute Gasteiger partial charge is 0.196 e. The molecule has 0 heterocycles. The predicted molar refractivity (Wildman–Crippen MR) is 142 cm³/mol. The van der Waals surface area contributed by atoms with Crippen LogP contribution in [0.15, 0.2) is 59.9 Å². The number of hydrogen-bond donors (Lipinski definition) is 4. The number of allylic oxidation sites excluding steroid dienone is 4. The summed E-state index contributed by atoms with van der Waals surface area (Å²) in [6.45, 7) is 8.64. The minimum absolute atomic E-state index is 0.0341. The van der Waals surface area contributed by atoms with Crippen molar-refractivity contribution in [3.8, 4) is 0 Å². The van der Waals surface area contributed by atoms with Gasteiger partial charge in [0.15, 0.2) is 23.1 Å². The SMILES string of the molecule is CC(=O)/C=C(\C)NCCNc1ccc(NCCN/C(C)=C/C(C)=O)c2c1C(=O)c1ccccc1C2=O. The van der Waals surface area contributed by atoms with Gasteiger partial charge in [-0.1, -0.05) is 24.3 Å². The quantitative estimate of drug-likeness (QED) is 0.226. The molecule has 4 N–H and O–H groups in total. The molecule has 0 unspecified atom stereocenters. The number of carbonyl (C=O) groups excluding carboxylic acids is 4. The van der Waals surface area contributed by atoms with Crippen molar-refractivity contribution >= 4 is 34.5 Å². The van der Waals surface area contributed by atoms with Gasteiger partial charge >= 0.3 is 0 Å². The van der Waals surface area contributed by atoms with Crippen molar-refractivity contribution in [3.63, 3.8) is 0 Å². The Labute approximate surface area is 211 Å². The Bertz CT molecular complexity index is 1160. The van der Waals surface area contributed by atoms with Crippen LogP contribution in [0, 0.1) is 0 Å². The molecule has 3 rings (SSSR count). The van der Waals surface area contributed by atoms with Gasteiger partial charge in [0.25, 0.3) is 0 Å². The third kappa shape index (κ3) is 6.47. The number of ketones is 4. The van der Waals surface area contributed by atoms with Crippen LogP contribution in [0.4, 0.5) is 11.4 Å². The number of hydrogen-bond acceptors (Lipinski definition) is 8. The molecule has 188 valence electrons. The lowest BCUT2D eigenvalue weighted by Crippen LogP contribution is -2.27. The van der Waals surface area contributed by atoms with Crippen LogP contribution in [-0.4, -0.2) is 49.3 Å². The Morgan fingerprint density at radius 2 is 1.03 bits per heavy atom. The summed E-state index contributed by atoms with van der Waals surface area (Å²) in [4.78, 5) is 49.4. The molecule has 0 bridgehead atoms. The fourth-order valence-electron chi connectivity index (χ4n) is 4.14. The van der Waals surface area contributed by atoms with E-state index in [-0.39, 0.29) is 23.1 Å². The zero-order chi connectivity index (χ0) is 26.2. The Hall–Kier alpha value is -4.20. The largest absolute Gasteiger partial charge is 0.387 e. The van der Waals surface area contributed by atoms with E-state index in [2.05, 4.69) is 21.3 Å². The second-order valence-corrected chi connectivity index (χ2v) is 8.70. The molecule has 2 aromatic rings. The molecule has 2 aromatic carbocycles. The van der Waals surface area contributed by atoms with Gasteiger partial charge in [0.1, 0.15) is 0 Å². The van der Waals surface area contributed by atoms with Crippen LogP contribution >= 0.6 is 0 Å². The lowest BCUT2D eigenvalue weighted by Gasteiger charge is -2.24. The molecular formula is C28H32N4O4. The van der Waals surface area contributed by atoms with E-state index in [0.29, 0.717) is 59.8 Å². The number of fused-ring (bicyclic) bond motifs is 2. The van der Waals surface area contributed by atoms with Gasteiger partial charge in [0.2, 0.25) is 0 Å². The minimum atomic E-state index is -0.203. The standard InChI is InChI=1S/C28H32N4O4/c1-17(15-19(3)33)29-11-13-31-23-9-10-24(32-14-12-30-18(2)16-20(4)34)26-25(23)27(35)21-7-5-6-8-22(21)28(26)36/h5-10,15-16,29-32H,11-14H2,1-4H3/b17-15+,18-16+. The van der Waals surface area contributed by atoms with Gasteiger partial charge in [-0.05, 0) is 52.0 Å². The molecule has 0 spiro atoms. The van der Waals surface area contributed by atoms with Gasteiger partial charge in [0, 0.05) is 60.1 Å². The van der Waals surface area contributed by atoms with Crippen LogP contribution in [0.3, 0.4) is 0 Å². The normalized spacial score (nSPS) is 13.0. The summed E-state index contributed by atoms with van der Waals surface area (Å²) in [6, 6.07) is 10.4. The first-order valence-corrected chi connectivity index (χ1v) is 11.9. The third-order valence-electron chi connectivity index (χ3n) is 5.60. The maximum absolute atomic E-state index is 13.5. The average Bonchev–Trinajstić information content (AvgIpc) is 2.82. The summed E-state index contributed by atoms with van der Waals surface area (Å²) in [5, 5.41) is 12.8. The van der Waals surface area contributed by atoms with E-state index in [1.807, 2.05) is 13.8 Å². The van der Waals surface area contributed by atoms with Gasteiger partial charge in [-0.2, -0.15) is 0 Å². The van der Waals surface area contributed by atoms with Crippen LogP contribution in [0.5, 0.6) is 0 Å². The summed E-state index contributed by atoms with van der Waals surface area (Å²) in [6.07, 6.45) is 3.04. The van der Waals surface area contributed by atoms with Gasteiger partial charge in [0.05, 0.1) is 11.1 Å². The average molecular weight is 489 g/mol. The Morgan fingerprint density at radius 1 is 0.639 bits per heavy atom. The van der Waals surface area contributed by atoms with Crippen LogP contribution < -0.4 is 21.3 Å². The Morgan fingerprint density at radius 3 is 1.39 bits per heavy atom. The van der Waals surface area contributed by atoms with Gasteiger partial charge in [-0.25, -0.2) is 0 Å². The first-order valence-electron chi connectivity index (χ1n) is 11.9. The van der Waals surface area contributed by atoms with Crippen molar-refractivity contribution in [2.45, 2.75) is 27.7 Å². The summed E-state index contributed by atoms with van der Waals surface area (Å²) >= 11 is 0. The molecule has 0 saturated heterocycles. The topological polar surface area (TPSA) is 116 Å². The molecule has 0 saturated carbocycles. The Balaban J connectivity index is 1.82. The third-order valence-corrected chi connectivity index (χ3v) is 5.60. The van der Waals surface area contributed by atoms with Crippen LogP contribution in [0.2, 0.25) is 0 Å². The predicted octanol–water partition coefficient (Wildman–Crippen LogP) is 3.45. The zero-order valence-electron chi connectivity index (χ0n) is 21.1. The lowest BCUT2D eigenvalue weighted by molar-refractivity contribution is -0.113. The second kappa shape index (κ2) is 12.0. The maximum Gasteiger partial charge on any atom is 0.196 e. The molecule has 1 aliphatic carbocycles. The summed E-state index contributed by atoms with van der Waals surface area (Å²) in [5.74, 6) is -0.475. The molecule has 0 atom stereocenters. The van der Waals surface area contributed by atoms with E-state index in [1.54, 1.807) is 36.4 Å². The fraction of sp³-hybridized carbons (Fsp3) is 0.286. The van der Waals surface area contributed by atoms with Crippen molar-refractivity contribution in [1.29, 1.82) is 0 Å². The molecule has 0 aliphatic heterocycles. The molecule has 8 heteroatoms. The molecule has 0 fully saturated rings. The highest BCUT2D eigenvalue weighted by atomic mass is 16.1. The van der Waals surface area contributed by atoms with Crippen molar-refractivity contribution in [2.75, 3.05) is 36.8 Å². The highest BCUT2D eigenvalue weighted by Gasteiger charge is 2.33. The maximum atomic E-state index is 13.5. The van der Waals surface area contributed by atoms with Crippen molar-refractivity contribution in [2.24, 2.45) is 0 Å². The minimum Gasteiger partial charge on any atom is -0.387 e. The van der Waals surface area contributed by atoms with Gasteiger partial charge in [-0.15, -0.1) is 0 Å². The van der Waals surface area contributed by atoms with E-state index < -0.39 is 0 Å². The monoisotopic (exact) mass is 488 g/mol. The summed E-state index contributed by atoms with van der Waals surface area (Å²) in [5.41, 5.74) is 4.15. The van der Waals surface area contributed by atoms with E-state index in [9.17, 15) is 19.2 Å². The molecule has 36 heavy (non-hydrogen) atoms. The Kier molecular flexibility index (Phi) is 8.78. The highest BCUT2D eigenvalue weighted by Crippen LogP contribution is 2.36. The zero-order valence-corrected chi connectivity index (χ0v) is 21.1. The van der Waals surface area contributed by atoms with Gasteiger partial charge in [-0.3, -0.25) is 19.2 Å². The highest BCUT2D eigenvalue weighted by molar-refractivity contribution is 6.31. The first-order chi connectivity index (χ1) is 17.2. The van der Waals surface area contributed by atoms with Crippen LogP contribution in [0.1, 0.15) is 59.5 Å². The molecule has 0 amide bonds. The van der Waals surface area contributed by atoms with E-state index in [0.717, 1.165) is 11.4 Å².